The summed E-state index contributed by atoms with van der Waals surface area (Å²) in [6.45, 7) is 3.80. The highest BCUT2D eigenvalue weighted by molar-refractivity contribution is 6.32. The molecule has 4 aromatic rings. The molecule has 3 aromatic heterocycles. The molecular formula is C20H16ClF2N7O. The second-order valence-electron chi connectivity index (χ2n) is 8.02. The standard InChI is InChI=1S/C20H16ClF2N7O/c1-20(2)8-11(12-9-24-18-15(22)17(23)28-29(18)16(12)20)19(31)27-10-3-4-14(13(21)7-10)30-25-5-6-26-30/h3-7,9,11H,8H2,1-2H3,(H,27,31). The molecule has 5 rings (SSSR count). The van der Waals surface area contributed by atoms with Crippen LogP contribution in [0.4, 0.5) is 14.5 Å². The van der Waals surface area contributed by atoms with Gasteiger partial charge in [0.15, 0.2) is 5.65 Å². The number of carbonyl (C=O) groups excluding carboxylic acids is 1. The molecule has 0 saturated heterocycles. The zero-order chi connectivity index (χ0) is 21.9. The van der Waals surface area contributed by atoms with Crippen molar-refractivity contribution in [3.63, 3.8) is 0 Å². The third-order valence-electron chi connectivity index (χ3n) is 5.47. The van der Waals surface area contributed by atoms with Crippen LogP contribution in [0, 0.1) is 11.8 Å². The molecule has 0 bridgehead atoms. The molecule has 3 heterocycles. The van der Waals surface area contributed by atoms with E-state index in [0.29, 0.717) is 34.1 Å². The average Bonchev–Trinajstić information content (AvgIpc) is 3.40. The predicted octanol–water partition coefficient (Wildman–Crippen LogP) is 3.65. The van der Waals surface area contributed by atoms with E-state index in [4.69, 9.17) is 11.6 Å². The van der Waals surface area contributed by atoms with Crippen LogP contribution in [0.5, 0.6) is 0 Å². The van der Waals surface area contributed by atoms with Gasteiger partial charge in [-0.1, -0.05) is 25.4 Å². The van der Waals surface area contributed by atoms with Crippen LogP contribution in [0.25, 0.3) is 11.3 Å². The van der Waals surface area contributed by atoms with Crippen LogP contribution in [0.15, 0.2) is 36.8 Å². The molecule has 1 atom stereocenters. The quantitative estimate of drug-likeness (QED) is 0.522. The molecule has 158 valence electrons. The van der Waals surface area contributed by atoms with Crippen molar-refractivity contribution in [3.8, 4) is 5.69 Å². The zero-order valence-corrected chi connectivity index (χ0v) is 17.2. The lowest BCUT2D eigenvalue weighted by Gasteiger charge is -2.19. The minimum atomic E-state index is -1.22. The number of carbonyl (C=O) groups is 1. The molecule has 0 aliphatic heterocycles. The topological polar surface area (TPSA) is 90.0 Å². The first-order valence-electron chi connectivity index (χ1n) is 9.46. The largest absolute Gasteiger partial charge is 0.326 e. The highest BCUT2D eigenvalue weighted by atomic mass is 35.5. The Bertz CT molecular complexity index is 1330. The van der Waals surface area contributed by atoms with Crippen molar-refractivity contribution in [2.24, 2.45) is 0 Å². The normalized spacial score (nSPS) is 17.1. The summed E-state index contributed by atoms with van der Waals surface area (Å²) < 4.78 is 28.9. The molecule has 1 aliphatic rings. The van der Waals surface area contributed by atoms with Crippen LogP contribution in [-0.4, -0.2) is 35.5 Å². The number of aromatic nitrogens is 6. The number of nitrogens with zero attached hydrogens (tertiary/aromatic N) is 6. The third kappa shape index (κ3) is 3.05. The monoisotopic (exact) mass is 443 g/mol. The van der Waals surface area contributed by atoms with Gasteiger partial charge < -0.3 is 5.32 Å². The number of nitrogens with one attached hydrogen (secondary N) is 1. The van der Waals surface area contributed by atoms with Gasteiger partial charge in [-0.15, -0.1) is 5.10 Å². The van der Waals surface area contributed by atoms with Gasteiger partial charge in [0.1, 0.15) is 5.69 Å². The van der Waals surface area contributed by atoms with Gasteiger partial charge in [-0.2, -0.15) is 23.8 Å². The number of hydrogen-bond acceptors (Lipinski definition) is 5. The lowest BCUT2D eigenvalue weighted by molar-refractivity contribution is -0.117. The van der Waals surface area contributed by atoms with Crippen LogP contribution in [0.3, 0.4) is 0 Å². The van der Waals surface area contributed by atoms with E-state index in [0.717, 1.165) is 4.52 Å². The van der Waals surface area contributed by atoms with Crippen LogP contribution in [0.2, 0.25) is 5.02 Å². The number of anilines is 1. The second kappa shape index (κ2) is 6.81. The predicted molar refractivity (Wildman–Crippen MR) is 108 cm³/mol. The van der Waals surface area contributed by atoms with Gasteiger partial charge in [-0.3, -0.25) is 4.79 Å². The molecule has 0 fully saturated rings. The molecule has 0 radical (unpaired) electrons. The first kappa shape index (κ1) is 19.6. The van der Waals surface area contributed by atoms with Crippen LogP contribution < -0.4 is 5.32 Å². The number of benzene rings is 1. The maximum atomic E-state index is 14.0. The van der Waals surface area contributed by atoms with Crippen molar-refractivity contribution in [2.75, 3.05) is 5.32 Å². The molecule has 8 nitrogen and oxygen atoms in total. The zero-order valence-electron chi connectivity index (χ0n) is 16.5. The van der Waals surface area contributed by atoms with E-state index >= 15 is 0 Å². The maximum absolute atomic E-state index is 14.0. The Morgan fingerprint density at radius 1 is 1.26 bits per heavy atom. The van der Waals surface area contributed by atoms with Gasteiger partial charge in [-0.05, 0) is 24.6 Å². The Morgan fingerprint density at radius 2 is 2.00 bits per heavy atom. The summed E-state index contributed by atoms with van der Waals surface area (Å²) in [7, 11) is 0. The van der Waals surface area contributed by atoms with Crippen molar-refractivity contribution in [2.45, 2.75) is 31.6 Å². The second-order valence-corrected chi connectivity index (χ2v) is 8.42. The SMILES string of the molecule is CC1(C)CC(C(=O)Nc2ccc(-n3nccn3)c(Cl)c2)c2cnc3c(F)c(F)nn3c21. The van der Waals surface area contributed by atoms with Gasteiger partial charge in [0.25, 0.3) is 5.95 Å². The lowest BCUT2D eigenvalue weighted by atomic mass is 9.88. The summed E-state index contributed by atoms with van der Waals surface area (Å²) in [6.07, 6.45) is 4.93. The fourth-order valence-corrected chi connectivity index (χ4v) is 4.40. The molecule has 1 N–H and O–H groups in total. The van der Waals surface area contributed by atoms with Crippen LogP contribution in [0.1, 0.15) is 37.4 Å². The molecule has 0 saturated carbocycles. The van der Waals surface area contributed by atoms with Gasteiger partial charge in [0, 0.05) is 22.9 Å². The number of hydrogen-bond donors (Lipinski definition) is 1. The van der Waals surface area contributed by atoms with Crippen molar-refractivity contribution >= 4 is 28.8 Å². The van der Waals surface area contributed by atoms with Crippen molar-refractivity contribution in [3.05, 3.63) is 64.8 Å². The Morgan fingerprint density at radius 3 is 2.71 bits per heavy atom. The minimum Gasteiger partial charge on any atom is -0.326 e. The summed E-state index contributed by atoms with van der Waals surface area (Å²) in [5, 5.41) is 15.0. The van der Waals surface area contributed by atoms with Crippen molar-refractivity contribution in [1.29, 1.82) is 0 Å². The van der Waals surface area contributed by atoms with Gasteiger partial charge in [0.2, 0.25) is 11.7 Å². The van der Waals surface area contributed by atoms with E-state index in [9.17, 15) is 13.6 Å². The molecule has 1 amide bonds. The van der Waals surface area contributed by atoms with E-state index in [1.165, 1.54) is 23.4 Å². The Balaban J connectivity index is 1.47. The number of amides is 1. The van der Waals surface area contributed by atoms with Crippen molar-refractivity contribution < 1.29 is 13.6 Å². The fourth-order valence-electron chi connectivity index (χ4n) is 4.15. The highest BCUT2D eigenvalue weighted by Crippen LogP contribution is 2.46. The first-order chi connectivity index (χ1) is 14.8. The van der Waals surface area contributed by atoms with Crippen LogP contribution >= 0.6 is 11.6 Å². The van der Waals surface area contributed by atoms with Crippen molar-refractivity contribution in [1.82, 2.24) is 29.6 Å². The van der Waals surface area contributed by atoms with Gasteiger partial charge >= 0.3 is 0 Å². The molecule has 0 spiro atoms. The van der Waals surface area contributed by atoms with E-state index in [1.54, 1.807) is 18.2 Å². The van der Waals surface area contributed by atoms with Gasteiger partial charge in [0.05, 0.1) is 29.0 Å². The fraction of sp³-hybridized carbons (Fsp3) is 0.250. The molecule has 31 heavy (non-hydrogen) atoms. The summed E-state index contributed by atoms with van der Waals surface area (Å²) in [6, 6.07) is 5.01. The summed E-state index contributed by atoms with van der Waals surface area (Å²) in [5.41, 5.74) is 1.49. The average molecular weight is 444 g/mol. The minimum absolute atomic E-state index is 0.194. The summed E-state index contributed by atoms with van der Waals surface area (Å²) in [5.74, 6) is -3.16. The summed E-state index contributed by atoms with van der Waals surface area (Å²) in [4.78, 5) is 18.5. The molecule has 11 heteroatoms. The molecule has 1 aliphatic carbocycles. The number of rotatable bonds is 3. The Kier molecular flexibility index (Phi) is 4.30. The van der Waals surface area contributed by atoms with E-state index in [-0.39, 0.29) is 11.6 Å². The summed E-state index contributed by atoms with van der Waals surface area (Å²) >= 11 is 6.33. The first-order valence-corrected chi connectivity index (χ1v) is 9.84. The number of halogens is 3. The van der Waals surface area contributed by atoms with Crippen LogP contribution in [-0.2, 0) is 10.2 Å². The molecule has 1 aromatic carbocycles. The number of fused-ring (bicyclic) bond motifs is 3. The van der Waals surface area contributed by atoms with E-state index in [2.05, 4.69) is 25.6 Å². The van der Waals surface area contributed by atoms with E-state index < -0.39 is 23.1 Å². The lowest BCUT2D eigenvalue weighted by Crippen LogP contribution is -2.21. The Labute approximate surface area is 179 Å². The molecular weight excluding hydrogens is 428 g/mol. The third-order valence-corrected chi connectivity index (χ3v) is 5.78. The maximum Gasteiger partial charge on any atom is 0.271 e. The van der Waals surface area contributed by atoms with E-state index in [1.807, 2.05) is 13.8 Å². The highest BCUT2D eigenvalue weighted by Gasteiger charge is 2.43. The molecule has 1 unspecified atom stereocenters. The van der Waals surface area contributed by atoms with Gasteiger partial charge in [-0.25, -0.2) is 9.50 Å². The Hall–Kier alpha value is -3.40. The smallest absolute Gasteiger partial charge is 0.271 e.